The van der Waals surface area contributed by atoms with Crippen molar-refractivity contribution in [3.8, 4) is 23.0 Å². The van der Waals surface area contributed by atoms with Crippen LogP contribution in [0.5, 0.6) is 23.0 Å². The van der Waals surface area contributed by atoms with Crippen molar-refractivity contribution in [2.75, 3.05) is 0 Å². The number of epoxide rings is 2. The number of amides is 1. The molecular weight excluding hydrogens is 1090 g/mol. The number of unbranched alkanes of at least 4 members (excludes halogenated alkanes) is 3. The lowest BCUT2D eigenvalue weighted by atomic mass is 9.40. The molecular formula is C62H70N4O18. The van der Waals surface area contributed by atoms with E-state index in [0.29, 0.717) is 71.0 Å². The van der Waals surface area contributed by atoms with Gasteiger partial charge in [-0.05, 0) is 87.1 Å². The van der Waals surface area contributed by atoms with Crippen LogP contribution in [0.1, 0.15) is 120 Å². The van der Waals surface area contributed by atoms with E-state index in [2.05, 4.69) is 15.6 Å². The average Bonchev–Trinajstić information content (AvgIpc) is 1.48. The Morgan fingerprint density at radius 1 is 0.821 bits per heavy atom. The molecule has 2 spiro atoms. The summed E-state index contributed by atoms with van der Waals surface area (Å²) >= 11 is 0. The second kappa shape index (κ2) is 18.7. The van der Waals surface area contributed by atoms with Gasteiger partial charge in [0, 0.05) is 84.2 Å². The first-order chi connectivity index (χ1) is 39.9. The fourth-order valence-corrected chi connectivity index (χ4v) is 18.6. The quantitative estimate of drug-likeness (QED) is 0.0465. The number of benzene rings is 3. The van der Waals surface area contributed by atoms with Crippen LogP contribution in [0.25, 0.3) is 0 Å². The number of fused-ring (bicyclic) bond motifs is 15. The van der Waals surface area contributed by atoms with Crippen LogP contribution in [0.3, 0.4) is 0 Å². The van der Waals surface area contributed by atoms with Crippen LogP contribution in [0.2, 0.25) is 0 Å². The van der Waals surface area contributed by atoms with Crippen LogP contribution in [0.15, 0.2) is 66.9 Å². The van der Waals surface area contributed by atoms with E-state index in [1.165, 1.54) is 32.9 Å². The number of aryl methyl sites for hydroxylation is 1. The molecule has 22 nitrogen and oxygen atoms in total. The van der Waals surface area contributed by atoms with Crippen LogP contribution in [0, 0.1) is 57.7 Å². The molecule has 1 amide bonds. The second-order valence-corrected chi connectivity index (χ2v) is 26.2. The summed E-state index contributed by atoms with van der Waals surface area (Å²) in [4.78, 5) is 67.9. The number of rotatable bonds is 13. The van der Waals surface area contributed by atoms with Gasteiger partial charge in [0.15, 0.2) is 11.2 Å². The molecule has 0 radical (unpaired) electrons. The van der Waals surface area contributed by atoms with Crippen molar-refractivity contribution in [2.24, 2.45) is 57.7 Å². The lowest BCUT2D eigenvalue weighted by Crippen LogP contribution is -2.76. The summed E-state index contributed by atoms with van der Waals surface area (Å²) in [5.74, 6) is -9.09. The van der Waals surface area contributed by atoms with Gasteiger partial charge in [0.1, 0.15) is 59.7 Å². The predicted molar refractivity (Wildman–Crippen MR) is 287 cm³/mol. The van der Waals surface area contributed by atoms with E-state index in [4.69, 9.17) is 37.9 Å². The summed E-state index contributed by atoms with van der Waals surface area (Å²) in [6.07, 6.45) is -3.17. The van der Waals surface area contributed by atoms with Gasteiger partial charge in [-0.15, -0.1) is 5.10 Å². The lowest BCUT2D eigenvalue weighted by molar-refractivity contribution is -0.285. The number of nitrogens with one attached hydrogen (secondary N) is 1. The highest BCUT2D eigenvalue weighted by Crippen LogP contribution is 2.81. The molecule has 3 unspecified atom stereocenters. The standard InChI is InChI=1S/C62H70N4O18/c1-27-43-46(59(6)60(7,76)56(75)84-62(59)53(27)82-62)49(72)44-42-45(51(78-28(2)67)54(58(43,44)5)79-29(3)68)57(4)37(24-40-50(81-40)52(57)73)47(48(42)71)63-41(70)16-10-8-9-13-21-66-25-30(64-65-66)26-77-32-18-20-36-39(23-32)80-38-22-31(69)17-19-35(38)61(36)34-15-12-11-14-33(34)55(74)83-61/h11-12,14-15,17-20,22-23,25,27,37,40,42-54,69,71-73,76H,8-10,13,16,21,24,26H2,1-7H3,(H,63,70)/t27-,37+,40-,42?,43-,44+,45?,46-,47+,48+,49+,50-,51-,52-,53+,54-,57-,58+,59-,60+,61?,62-/m0/s1. The van der Waals surface area contributed by atoms with Gasteiger partial charge in [0.25, 0.3) is 0 Å². The number of phenolic OH excluding ortho intramolecular Hbond substituents is 1. The summed E-state index contributed by atoms with van der Waals surface area (Å²) in [5.41, 5.74) is -4.67. The molecule has 6 N–H and O–H groups in total. The first-order valence-corrected chi connectivity index (χ1v) is 29.4. The molecule has 10 aliphatic rings. The van der Waals surface area contributed by atoms with E-state index in [1.54, 1.807) is 48.1 Å². The van der Waals surface area contributed by atoms with Crippen molar-refractivity contribution in [1.82, 2.24) is 20.3 Å². The molecule has 84 heavy (non-hydrogen) atoms. The number of carbonyl (C=O) groups excluding carboxylic acids is 5. The molecule has 0 bridgehead atoms. The maximum absolute atomic E-state index is 14.3. The third kappa shape index (κ3) is 7.32. The van der Waals surface area contributed by atoms with Crippen molar-refractivity contribution in [3.05, 3.63) is 94.8 Å². The Bertz CT molecular complexity index is 3440. The molecule has 22 atom stereocenters. The highest BCUT2D eigenvalue weighted by Gasteiger charge is 2.93. The van der Waals surface area contributed by atoms with Crippen LogP contribution >= 0.6 is 0 Å². The predicted octanol–water partition coefficient (Wildman–Crippen LogP) is 4.49. The number of hydrogen-bond acceptors (Lipinski definition) is 20. The summed E-state index contributed by atoms with van der Waals surface area (Å²) in [6, 6.07) is 16.2. The number of aliphatic hydroxyl groups excluding tert-OH is 3. The van der Waals surface area contributed by atoms with E-state index in [-0.39, 0.29) is 30.8 Å². The van der Waals surface area contributed by atoms with Gasteiger partial charge in [-0.2, -0.15) is 0 Å². The number of ether oxygens (including phenoxy) is 8. The molecule has 3 aromatic carbocycles. The molecule has 3 saturated heterocycles. The van der Waals surface area contributed by atoms with Gasteiger partial charge >= 0.3 is 23.9 Å². The van der Waals surface area contributed by atoms with Crippen LogP contribution in [-0.4, -0.2) is 137 Å². The van der Waals surface area contributed by atoms with Crippen molar-refractivity contribution < 1.29 is 87.4 Å². The molecule has 1 aromatic heterocycles. The normalized spacial score (nSPS) is 42.5. The number of nitrogens with zero attached hydrogens (tertiary/aromatic N) is 3. The number of aromatic hydroxyl groups is 1. The average molecular weight is 1160 g/mol. The van der Waals surface area contributed by atoms with Crippen molar-refractivity contribution in [2.45, 2.75) is 172 Å². The smallest absolute Gasteiger partial charge is 0.341 e. The van der Waals surface area contributed by atoms with Crippen LogP contribution in [-0.2, 0) is 66.4 Å². The highest BCUT2D eigenvalue weighted by molar-refractivity contribution is 5.97. The molecule has 5 saturated carbocycles. The maximum Gasteiger partial charge on any atom is 0.341 e. The number of aliphatic hydroxyl groups is 4. The van der Waals surface area contributed by atoms with E-state index in [9.17, 15) is 49.5 Å². The van der Waals surface area contributed by atoms with E-state index in [0.717, 1.165) is 12.8 Å². The fraction of sp³-hybridized carbons (Fsp3) is 0.597. The lowest BCUT2D eigenvalue weighted by Gasteiger charge is -2.67. The molecule has 8 fully saturated rings. The largest absolute Gasteiger partial charge is 0.508 e. The Morgan fingerprint density at radius 3 is 2.31 bits per heavy atom. The Balaban J connectivity index is 0.651. The minimum Gasteiger partial charge on any atom is -0.508 e. The Hall–Kier alpha value is -6.69. The summed E-state index contributed by atoms with van der Waals surface area (Å²) in [7, 11) is 0. The Labute approximate surface area is 483 Å². The zero-order valence-electron chi connectivity index (χ0n) is 47.6. The van der Waals surface area contributed by atoms with Crippen molar-refractivity contribution in [3.63, 3.8) is 0 Å². The molecule has 5 aliphatic heterocycles. The van der Waals surface area contributed by atoms with Gasteiger partial charge in [0.2, 0.25) is 11.7 Å². The monoisotopic (exact) mass is 1160 g/mol. The molecule has 5 aliphatic carbocycles. The topological polar surface area (TPSA) is 310 Å². The van der Waals surface area contributed by atoms with Crippen molar-refractivity contribution >= 4 is 29.8 Å². The number of phenols is 1. The van der Waals surface area contributed by atoms with Gasteiger partial charge in [-0.3, -0.25) is 19.1 Å². The summed E-state index contributed by atoms with van der Waals surface area (Å²) in [5, 5.41) is 73.4. The third-order valence-corrected chi connectivity index (χ3v) is 22.2. The van der Waals surface area contributed by atoms with E-state index in [1.807, 2.05) is 39.0 Å². The first-order valence-electron chi connectivity index (χ1n) is 29.4. The van der Waals surface area contributed by atoms with Crippen LogP contribution in [0.4, 0.5) is 0 Å². The molecule has 4 aromatic rings. The van der Waals surface area contributed by atoms with E-state index < -0.39 is 147 Å². The summed E-state index contributed by atoms with van der Waals surface area (Å²) in [6.45, 7) is 11.8. The fourth-order valence-electron chi connectivity index (χ4n) is 18.6. The molecule has 6 heterocycles. The van der Waals surface area contributed by atoms with Crippen LogP contribution < -0.4 is 14.8 Å². The SMILES string of the molecule is CC(=O)O[C@H]1C2C([C@@H](O)[C@H](NC(=O)CCCCCCn3cc(COc4ccc5c(c4)Oc4cc(O)ccc4C54OC(=O)c5ccccc54)nn3)[C@H]3C[C@@H]4O[C@@H]4[C@H](O)[C@]23C)[C@@H]2[C@@H](O)[C@@H]3[C@H]([C@H](C)[C@H]4O[C@]45OC(=O)[C@@](C)(O)[C@]35C)[C@@]2(C)[C@H]1OC(C)=O. The molecule has 14 rings (SSSR count). The summed E-state index contributed by atoms with van der Waals surface area (Å²) < 4.78 is 51.3. The Kier molecular flexibility index (Phi) is 12.3. The second-order valence-electron chi connectivity index (χ2n) is 26.2. The first kappa shape index (κ1) is 55.2. The molecule has 446 valence electrons. The highest BCUT2D eigenvalue weighted by atomic mass is 16.8. The van der Waals surface area contributed by atoms with Gasteiger partial charge in [-0.1, -0.05) is 57.0 Å². The Morgan fingerprint density at radius 2 is 1.55 bits per heavy atom. The molecule has 22 heteroatoms. The third-order valence-electron chi connectivity index (χ3n) is 22.2. The zero-order chi connectivity index (χ0) is 59.1. The van der Waals surface area contributed by atoms with Crippen molar-refractivity contribution in [1.29, 1.82) is 0 Å². The maximum atomic E-state index is 14.3. The number of aromatic nitrogens is 3. The minimum absolute atomic E-state index is 0.00716. The number of esters is 4. The zero-order valence-corrected chi connectivity index (χ0v) is 47.6. The number of carbonyl (C=O) groups is 5. The van der Waals surface area contributed by atoms with E-state index >= 15 is 0 Å². The van der Waals surface area contributed by atoms with Gasteiger partial charge < -0.3 is 68.7 Å². The minimum atomic E-state index is -2.14. The van der Waals surface area contributed by atoms with Gasteiger partial charge in [0.05, 0.1) is 47.6 Å². The van der Waals surface area contributed by atoms with Gasteiger partial charge in [-0.25, -0.2) is 9.59 Å². The number of hydrogen-bond donors (Lipinski definition) is 6.